The normalized spacial score (nSPS) is 31.3. The molecule has 0 spiro atoms. The molecule has 4 heteroatoms. The van der Waals surface area contributed by atoms with Crippen LogP contribution in [0.2, 0.25) is 0 Å². The SMILES string of the molecule is CC1OCCC1C(=O)NC1(C#N)CCCCCC1. The first-order valence-corrected chi connectivity index (χ1v) is 7.02. The van der Waals surface area contributed by atoms with Crippen LogP contribution in [0.15, 0.2) is 0 Å². The van der Waals surface area contributed by atoms with E-state index in [1.165, 1.54) is 12.8 Å². The second-order valence-electron chi connectivity index (χ2n) is 5.57. The average Bonchev–Trinajstić information content (AvgIpc) is 2.66. The van der Waals surface area contributed by atoms with Crippen LogP contribution < -0.4 is 5.32 Å². The number of amides is 1. The van der Waals surface area contributed by atoms with Gasteiger partial charge in [-0.3, -0.25) is 4.79 Å². The van der Waals surface area contributed by atoms with Gasteiger partial charge in [0.25, 0.3) is 0 Å². The van der Waals surface area contributed by atoms with Crippen LogP contribution in [0.4, 0.5) is 0 Å². The number of nitriles is 1. The molecule has 4 nitrogen and oxygen atoms in total. The second-order valence-corrected chi connectivity index (χ2v) is 5.57. The maximum absolute atomic E-state index is 12.3. The quantitative estimate of drug-likeness (QED) is 0.764. The minimum absolute atomic E-state index is 0.00319. The van der Waals surface area contributed by atoms with Crippen molar-refractivity contribution in [3.63, 3.8) is 0 Å². The summed E-state index contributed by atoms with van der Waals surface area (Å²) < 4.78 is 5.42. The summed E-state index contributed by atoms with van der Waals surface area (Å²) in [6, 6.07) is 2.35. The largest absolute Gasteiger partial charge is 0.378 e. The number of carbonyl (C=O) groups excluding carboxylic acids is 1. The molecule has 1 saturated heterocycles. The zero-order chi connectivity index (χ0) is 13.0. The van der Waals surface area contributed by atoms with Crippen molar-refractivity contribution in [2.45, 2.75) is 63.5 Å². The molecule has 0 aromatic rings. The molecule has 0 radical (unpaired) electrons. The summed E-state index contributed by atoms with van der Waals surface area (Å²) in [6.45, 7) is 2.59. The topological polar surface area (TPSA) is 62.1 Å². The van der Waals surface area contributed by atoms with Crippen LogP contribution in [0.1, 0.15) is 51.9 Å². The Labute approximate surface area is 109 Å². The highest BCUT2D eigenvalue weighted by molar-refractivity contribution is 5.80. The summed E-state index contributed by atoms with van der Waals surface area (Å²) in [6.07, 6.45) is 6.73. The molecule has 1 saturated carbocycles. The Morgan fingerprint density at radius 3 is 2.50 bits per heavy atom. The van der Waals surface area contributed by atoms with Crippen molar-refractivity contribution in [1.82, 2.24) is 5.32 Å². The Balaban J connectivity index is 2.01. The fourth-order valence-electron chi connectivity index (χ4n) is 3.00. The van der Waals surface area contributed by atoms with Gasteiger partial charge in [0.2, 0.25) is 5.91 Å². The van der Waals surface area contributed by atoms with Gasteiger partial charge in [0.1, 0.15) is 5.54 Å². The lowest BCUT2D eigenvalue weighted by Crippen LogP contribution is -2.50. The van der Waals surface area contributed by atoms with E-state index in [0.29, 0.717) is 6.61 Å². The maximum atomic E-state index is 12.3. The zero-order valence-corrected chi connectivity index (χ0v) is 11.1. The molecular formula is C14H22N2O2. The molecule has 18 heavy (non-hydrogen) atoms. The van der Waals surface area contributed by atoms with Gasteiger partial charge in [-0.15, -0.1) is 0 Å². The van der Waals surface area contributed by atoms with Gasteiger partial charge >= 0.3 is 0 Å². The fourth-order valence-corrected chi connectivity index (χ4v) is 3.00. The van der Waals surface area contributed by atoms with E-state index in [2.05, 4.69) is 11.4 Å². The molecular weight excluding hydrogens is 228 g/mol. The summed E-state index contributed by atoms with van der Waals surface area (Å²) in [4.78, 5) is 12.3. The molecule has 100 valence electrons. The van der Waals surface area contributed by atoms with Crippen molar-refractivity contribution in [3.8, 4) is 6.07 Å². The molecule has 0 aromatic heterocycles. The van der Waals surface area contributed by atoms with E-state index in [9.17, 15) is 10.1 Å². The predicted octanol–water partition coefficient (Wildman–Crippen LogP) is 2.14. The van der Waals surface area contributed by atoms with Crippen molar-refractivity contribution in [2.24, 2.45) is 5.92 Å². The number of rotatable bonds is 2. The second kappa shape index (κ2) is 5.71. The first-order chi connectivity index (χ1) is 8.67. The molecule has 1 heterocycles. The molecule has 2 fully saturated rings. The third kappa shape index (κ3) is 2.84. The molecule has 2 unspecified atom stereocenters. The maximum Gasteiger partial charge on any atom is 0.227 e. The van der Waals surface area contributed by atoms with E-state index < -0.39 is 5.54 Å². The zero-order valence-electron chi connectivity index (χ0n) is 11.1. The molecule has 0 aromatic carbocycles. The summed E-state index contributed by atoms with van der Waals surface area (Å²) in [5.41, 5.74) is -0.629. The summed E-state index contributed by atoms with van der Waals surface area (Å²) >= 11 is 0. The monoisotopic (exact) mass is 250 g/mol. The van der Waals surface area contributed by atoms with Crippen LogP contribution >= 0.6 is 0 Å². The fraction of sp³-hybridized carbons (Fsp3) is 0.857. The van der Waals surface area contributed by atoms with Crippen LogP contribution in [0.5, 0.6) is 0 Å². The van der Waals surface area contributed by atoms with Gasteiger partial charge in [-0.2, -0.15) is 5.26 Å². The van der Waals surface area contributed by atoms with Crippen LogP contribution in [-0.4, -0.2) is 24.2 Å². The van der Waals surface area contributed by atoms with Crippen LogP contribution in [0, 0.1) is 17.2 Å². The van der Waals surface area contributed by atoms with Crippen molar-refractivity contribution >= 4 is 5.91 Å². The minimum atomic E-state index is -0.629. The predicted molar refractivity (Wildman–Crippen MR) is 67.7 cm³/mol. The molecule has 1 N–H and O–H groups in total. The Kier molecular flexibility index (Phi) is 4.23. The van der Waals surface area contributed by atoms with E-state index in [0.717, 1.165) is 32.1 Å². The van der Waals surface area contributed by atoms with Crippen LogP contribution in [0.3, 0.4) is 0 Å². The minimum Gasteiger partial charge on any atom is -0.378 e. The summed E-state index contributed by atoms with van der Waals surface area (Å²) in [7, 11) is 0. The van der Waals surface area contributed by atoms with E-state index in [4.69, 9.17) is 4.74 Å². The van der Waals surface area contributed by atoms with Crippen LogP contribution in [0.25, 0.3) is 0 Å². The van der Waals surface area contributed by atoms with Gasteiger partial charge in [-0.1, -0.05) is 25.7 Å². The molecule has 1 aliphatic carbocycles. The van der Waals surface area contributed by atoms with E-state index in [-0.39, 0.29) is 17.9 Å². The van der Waals surface area contributed by atoms with Crippen LogP contribution in [-0.2, 0) is 9.53 Å². The molecule has 1 aliphatic heterocycles. The highest BCUT2D eigenvalue weighted by Gasteiger charge is 2.37. The first kappa shape index (κ1) is 13.4. The number of hydrogen-bond acceptors (Lipinski definition) is 3. The highest BCUT2D eigenvalue weighted by atomic mass is 16.5. The number of nitrogens with zero attached hydrogens (tertiary/aromatic N) is 1. The summed E-state index contributed by atoms with van der Waals surface area (Å²) in [5.74, 6) is -0.0815. The van der Waals surface area contributed by atoms with Gasteiger partial charge in [-0.05, 0) is 26.2 Å². The average molecular weight is 250 g/mol. The third-order valence-electron chi connectivity index (χ3n) is 4.25. The number of nitrogens with one attached hydrogen (secondary N) is 1. The molecule has 1 amide bonds. The van der Waals surface area contributed by atoms with E-state index in [1.807, 2.05) is 6.92 Å². The van der Waals surface area contributed by atoms with Gasteiger partial charge in [-0.25, -0.2) is 0 Å². The van der Waals surface area contributed by atoms with Crippen molar-refractivity contribution in [1.29, 1.82) is 5.26 Å². The molecule has 2 rings (SSSR count). The highest BCUT2D eigenvalue weighted by Crippen LogP contribution is 2.28. The van der Waals surface area contributed by atoms with Crippen molar-refractivity contribution < 1.29 is 9.53 Å². The lowest BCUT2D eigenvalue weighted by Gasteiger charge is -2.28. The summed E-state index contributed by atoms with van der Waals surface area (Å²) in [5, 5.41) is 12.4. The van der Waals surface area contributed by atoms with Gasteiger partial charge in [0.15, 0.2) is 0 Å². The molecule has 2 atom stereocenters. The van der Waals surface area contributed by atoms with Crippen molar-refractivity contribution in [3.05, 3.63) is 0 Å². The smallest absolute Gasteiger partial charge is 0.227 e. The first-order valence-electron chi connectivity index (χ1n) is 7.02. The van der Waals surface area contributed by atoms with E-state index >= 15 is 0 Å². The number of carbonyl (C=O) groups is 1. The molecule has 0 bridgehead atoms. The lowest BCUT2D eigenvalue weighted by molar-refractivity contribution is -0.127. The lowest BCUT2D eigenvalue weighted by atomic mass is 9.90. The number of hydrogen-bond donors (Lipinski definition) is 1. The van der Waals surface area contributed by atoms with E-state index in [1.54, 1.807) is 0 Å². The Bertz CT molecular complexity index is 340. The Morgan fingerprint density at radius 1 is 1.33 bits per heavy atom. The third-order valence-corrected chi connectivity index (χ3v) is 4.25. The Hall–Kier alpha value is -1.08. The van der Waals surface area contributed by atoms with Gasteiger partial charge < -0.3 is 10.1 Å². The Morgan fingerprint density at radius 2 is 2.00 bits per heavy atom. The van der Waals surface area contributed by atoms with Crippen molar-refractivity contribution in [2.75, 3.05) is 6.61 Å². The molecule has 2 aliphatic rings. The number of ether oxygens (including phenoxy) is 1. The standard InChI is InChI=1S/C14H22N2O2/c1-11-12(6-9-18-11)13(17)16-14(10-15)7-4-2-3-5-8-14/h11-12H,2-9H2,1H3,(H,16,17). The van der Waals surface area contributed by atoms with Gasteiger partial charge in [0.05, 0.1) is 18.1 Å². The van der Waals surface area contributed by atoms with Gasteiger partial charge in [0, 0.05) is 6.61 Å².